The van der Waals surface area contributed by atoms with Gasteiger partial charge in [-0.1, -0.05) is 145 Å². The van der Waals surface area contributed by atoms with Gasteiger partial charge in [0.1, 0.15) is 34.5 Å². The molecule has 6 heteroatoms. The van der Waals surface area contributed by atoms with Gasteiger partial charge in [0.2, 0.25) is 0 Å². The Morgan fingerprint density at radius 2 is 0.515 bits per heavy atom. The predicted octanol–water partition coefficient (Wildman–Crippen LogP) is 12.6. The van der Waals surface area contributed by atoms with Gasteiger partial charge in [-0.2, -0.15) is 0 Å². The van der Waals surface area contributed by atoms with E-state index in [2.05, 4.69) is 35.5 Å². The molecule has 0 saturated heterocycles. The predicted molar refractivity (Wildman–Crippen MR) is 263 cm³/mol. The van der Waals surface area contributed by atoms with Crippen LogP contribution in [0.5, 0.6) is 34.5 Å². The summed E-state index contributed by atoms with van der Waals surface area (Å²) >= 11 is 0. The number of phenols is 6. The van der Waals surface area contributed by atoms with Crippen LogP contribution < -0.4 is 0 Å². The van der Waals surface area contributed by atoms with Crippen LogP contribution in [-0.2, 0) is 0 Å². The van der Waals surface area contributed by atoms with Gasteiger partial charge in [-0.05, 0) is 122 Å². The molecule has 0 aliphatic heterocycles. The standard InChI is InChI=1S/C60H36O6/c61-55-28-22-37-7-1-4-10-49(37)52(55)25-19-40-13-16-43(34-58(40)64)46-31-47(44-17-14-41(59(65)35-44)20-26-53-50-11-5-2-8-38(50)23-29-56(53)62)33-48(32-46)45-18-15-42(60(66)36-45)21-27-54-51-12-6-3-9-39(51)24-30-57(54)63/h1-18,22-24,28-36,61-66H. The Labute approximate surface area is 380 Å². The molecule has 0 aliphatic rings. The summed E-state index contributed by atoms with van der Waals surface area (Å²) in [5.41, 5.74) is 6.74. The molecule has 10 rings (SSSR count). The van der Waals surface area contributed by atoms with Crippen molar-refractivity contribution in [3.05, 3.63) is 215 Å². The van der Waals surface area contributed by atoms with Crippen molar-refractivity contribution in [1.82, 2.24) is 0 Å². The normalized spacial score (nSPS) is 10.7. The molecule has 66 heavy (non-hydrogen) atoms. The zero-order chi connectivity index (χ0) is 45.3. The first kappa shape index (κ1) is 40.5. The average molecular weight is 853 g/mol. The van der Waals surface area contributed by atoms with Gasteiger partial charge in [0.15, 0.2) is 0 Å². The van der Waals surface area contributed by atoms with E-state index < -0.39 is 0 Å². The van der Waals surface area contributed by atoms with Crippen molar-refractivity contribution in [2.75, 3.05) is 0 Å². The van der Waals surface area contributed by atoms with Crippen LogP contribution in [0.15, 0.2) is 182 Å². The van der Waals surface area contributed by atoms with Crippen molar-refractivity contribution in [2.45, 2.75) is 0 Å². The van der Waals surface area contributed by atoms with Crippen LogP contribution in [0, 0.1) is 35.5 Å². The molecule has 0 spiro atoms. The van der Waals surface area contributed by atoms with Gasteiger partial charge in [0.25, 0.3) is 0 Å². The number of benzene rings is 10. The second-order valence-corrected chi connectivity index (χ2v) is 15.8. The van der Waals surface area contributed by atoms with E-state index in [1.165, 1.54) is 0 Å². The zero-order valence-corrected chi connectivity index (χ0v) is 35.0. The molecule has 0 heterocycles. The summed E-state index contributed by atoms with van der Waals surface area (Å²) in [6.07, 6.45) is 0. The van der Waals surface area contributed by atoms with Crippen LogP contribution in [0.25, 0.3) is 65.7 Å². The highest BCUT2D eigenvalue weighted by Crippen LogP contribution is 2.38. The van der Waals surface area contributed by atoms with Crippen LogP contribution in [0.2, 0.25) is 0 Å². The Bertz CT molecular complexity index is 3400. The maximum atomic E-state index is 11.3. The van der Waals surface area contributed by atoms with Crippen molar-refractivity contribution in [2.24, 2.45) is 0 Å². The summed E-state index contributed by atoms with van der Waals surface area (Å²) < 4.78 is 0. The highest BCUT2D eigenvalue weighted by atomic mass is 16.3. The average Bonchev–Trinajstić information content (AvgIpc) is 3.34. The van der Waals surface area contributed by atoms with Crippen LogP contribution >= 0.6 is 0 Å². The third kappa shape index (κ3) is 7.89. The minimum absolute atomic E-state index is 0.0482. The van der Waals surface area contributed by atoms with Crippen molar-refractivity contribution < 1.29 is 30.6 Å². The SMILES string of the molecule is Oc1cc(-c2cc(-c3ccc(C#Cc4c(O)ccc5ccccc45)c(O)c3)cc(-c3ccc(C#Cc4c(O)ccc5ccccc45)c(O)c3)c2)ccc1C#Cc1c(O)ccc2ccccc12. The molecule has 10 aromatic carbocycles. The van der Waals surface area contributed by atoms with Crippen LogP contribution in [0.1, 0.15) is 33.4 Å². The molecule has 0 aliphatic carbocycles. The third-order valence-electron chi connectivity index (χ3n) is 11.6. The summed E-state index contributed by atoms with van der Waals surface area (Å²) in [7, 11) is 0. The van der Waals surface area contributed by atoms with Crippen molar-refractivity contribution in [3.8, 4) is 103 Å². The quantitative estimate of drug-likeness (QED) is 0.0985. The molecule has 0 amide bonds. The maximum absolute atomic E-state index is 11.3. The van der Waals surface area contributed by atoms with Gasteiger partial charge in [0, 0.05) is 16.2 Å². The molecular weight excluding hydrogens is 817 g/mol. The molecule has 0 radical (unpaired) electrons. The van der Waals surface area contributed by atoms with Gasteiger partial charge in [-0.3, -0.25) is 0 Å². The lowest BCUT2D eigenvalue weighted by molar-refractivity contribution is 0.473. The number of hydrogen-bond acceptors (Lipinski definition) is 6. The van der Waals surface area contributed by atoms with Crippen LogP contribution in [0.4, 0.5) is 0 Å². The molecule has 0 aromatic heterocycles. The van der Waals surface area contributed by atoms with E-state index in [4.69, 9.17) is 0 Å². The Kier molecular flexibility index (Phi) is 10.4. The molecule has 312 valence electrons. The van der Waals surface area contributed by atoms with Crippen molar-refractivity contribution in [3.63, 3.8) is 0 Å². The Morgan fingerprint density at radius 1 is 0.227 bits per heavy atom. The number of rotatable bonds is 3. The topological polar surface area (TPSA) is 121 Å². The van der Waals surface area contributed by atoms with Crippen LogP contribution in [0.3, 0.4) is 0 Å². The highest BCUT2D eigenvalue weighted by Gasteiger charge is 2.14. The third-order valence-corrected chi connectivity index (χ3v) is 11.6. The van der Waals surface area contributed by atoms with Crippen LogP contribution in [-0.4, -0.2) is 30.6 Å². The minimum Gasteiger partial charge on any atom is -0.507 e. The number of phenolic OH excluding ortho intramolecular Hbond substituents is 6. The lowest BCUT2D eigenvalue weighted by Gasteiger charge is -2.13. The van der Waals surface area contributed by atoms with Gasteiger partial charge in [-0.15, -0.1) is 0 Å². The molecule has 6 N–H and O–H groups in total. The van der Waals surface area contributed by atoms with E-state index >= 15 is 0 Å². The van der Waals surface area contributed by atoms with Gasteiger partial charge >= 0.3 is 0 Å². The Morgan fingerprint density at radius 3 is 0.803 bits per heavy atom. The fourth-order valence-corrected chi connectivity index (χ4v) is 8.14. The molecular formula is C60H36O6. The van der Waals surface area contributed by atoms with Gasteiger partial charge in [-0.25, -0.2) is 0 Å². The number of aromatic hydroxyl groups is 6. The smallest absolute Gasteiger partial charge is 0.131 e. The van der Waals surface area contributed by atoms with E-state index in [9.17, 15) is 30.6 Å². The first-order valence-electron chi connectivity index (χ1n) is 21.0. The Hall–Kier alpha value is -9.54. The minimum atomic E-state index is -0.0534. The van der Waals surface area contributed by atoms with Crippen molar-refractivity contribution >= 4 is 32.3 Å². The maximum Gasteiger partial charge on any atom is 0.131 e. The summed E-state index contributed by atoms with van der Waals surface area (Å²) in [6, 6.07) is 54.7. The first-order chi connectivity index (χ1) is 32.2. The van der Waals surface area contributed by atoms with E-state index in [0.717, 1.165) is 49.0 Å². The molecule has 0 unspecified atom stereocenters. The summed E-state index contributed by atoms with van der Waals surface area (Å²) in [4.78, 5) is 0. The number of hydrogen-bond donors (Lipinski definition) is 6. The molecule has 0 saturated carbocycles. The lowest BCUT2D eigenvalue weighted by Crippen LogP contribution is -1.89. The Balaban J connectivity index is 1.04. The highest BCUT2D eigenvalue weighted by molar-refractivity contribution is 5.93. The van der Waals surface area contributed by atoms with E-state index in [0.29, 0.717) is 50.1 Å². The molecule has 6 nitrogen and oxygen atoms in total. The summed E-state index contributed by atoms with van der Waals surface area (Å²) in [5.74, 6) is 18.3. The number of fused-ring (bicyclic) bond motifs is 3. The van der Waals surface area contributed by atoms with E-state index in [1.54, 1.807) is 54.6 Å². The lowest BCUT2D eigenvalue weighted by atomic mass is 9.92. The fourth-order valence-electron chi connectivity index (χ4n) is 8.14. The van der Waals surface area contributed by atoms with Crippen molar-refractivity contribution in [1.29, 1.82) is 0 Å². The first-order valence-corrected chi connectivity index (χ1v) is 21.0. The largest absolute Gasteiger partial charge is 0.507 e. The second-order valence-electron chi connectivity index (χ2n) is 15.8. The van der Waals surface area contributed by atoms with E-state index in [-0.39, 0.29) is 34.5 Å². The summed E-state index contributed by atoms with van der Waals surface area (Å²) in [6.45, 7) is 0. The van der Waals surface area contributed by atoms with E-state index in [1.807, 2.05) is 127 Å². The molecule has 0 fully saturated rings. The second kappa shape index (κ2) is 17.0. The molecule has 10 aromatic rings. The molecule has 0 atom stereocenters. The summed E-state index contributed by atoms with van der Waals surface area (Å²) in [5, 5.41) is 71.2. The fraction of sp³-hybridized carbons (Fsp3) is 0. The van der Waals surface area contributed by atoms with Gasteiger partial charge in [0.05, 0.1) is 33.4 Å². The molecule has 0 bridgehead atoms. The van der Waals surface area contributed by atoms with Gasteiger partial charge < -0.3 is 30.6 Å². The monoisotopic (exact) mass is 852 g/mol. The zero-order valence-electron chi connectivity index (χ0n) is 35.0.